The van der Waals surface area contributed by atoms with Crippen LogP contribution in [0, 0.1) is 5.82 Å². The van der Waals surface area contributed by atoms with Crippen LogP contribution in [-0.4, -0.2) is 41.1 Å². The van der Waals surface area contributed by atoms with Crippen molar-refractivity contribution in [3.63, 3.8) is 0 Å². The van der Waals surface area contributed by atoms with Crippen LogP contribution in [0.25, 0.3) is 11.1 Å². The summed E-state index contributed by atoms with van der Waals surface area (Å²) in [6.07, 6.45) is 12.8. The molecular weight excluding hydrogens is 439 g/mol. The Kier molecular flexibility index (Phi) is 7.23. The highest BCUT2D eigenvalue weighted by Crippen LogP contribution is 2.29. The molecule has 2 aliphatic carbocycles. The largest absolute Gasteiger partial charge is 0.362 e. The summed E-state index contributed by atoms with van der Waals surface area (Å²) in [5.74, 6) is 1.64. The number of aromatic nitrogens is 3. The average molecular weight is 475 g/mol. The Bertz CT molecular complexity index is 1140. The number of pyridine rings is 1. The molecule has 1 fully saturated rings. The molecule has 0 spiro atoms. The van der Waals surface area contributed by atoms with Gasteiger partial charge in [0.05, 0.1) is 5.69 Å². The smallest absolute Gasteiger partial charge is 0.225 e. The summed E-state index contributed by atoms with van der Waals surface area (Å²) in [5, 5.41) is 7.35. The Morgan fingerprint density at radius 2 is 1.66 bits per heavy atom. The van der Waals surface area contributed by atoms with Crippen LogP contribution in [0.2, 0.25) is 0 Å². The molecule has 1 saturated carbocycles. The first kappa shape index (κ1) is 23.7. The molecule has 0 amide bonds. The number of nitrogens with one attached hydrogen (secondary N) is 2. The lowest BCUT2D eigenvalue weighted by molar-refractivity contribution is 0.352. The third-order valence-electron chi connectivity index (χ3n) is 7.21. The van der Waals surface area contributed by atoms with Crippen molar-refractivity contribution in [3.8, 4) is 11.1 Å². The second-order valence-electron chi connectivity index (χ2n) is 10.1. The van der Waals surface area contributed by atoms with Gasteiger partial charge in [-0.15, -0.1) is 0 Å². The van der Waals surface area contributed by atoms with Gasteiger partial charge in [-0.2, -0.15) is 4.98 Å². The maximum atomic E-state index is 13.2. The summed E-state index contributed by atoms with van der Waals surface area (Å²) >= 11 is 0. The predicted molar refractivity (Wildman–Crippen MR) is 139 cm³/mol. The number of fused-ring (bicyclic) bond motifs is 1. The number of benzene rings is 1. The summed E-state index contributed by atoms with van der Waals surface area (Å²) in [6, 6.07) is 9.61. The SMILES string of the molecule is CN(C)c1nc(NC2CCC(NCc3cncc(-c4ccc(F)cc4)c3)CC2)nc2c1CCCC2. The minimum atomic E-state index is -0.221. The highest BCUT2D eigenvalue weighted by molar-refractivity contribution is 5.62. The molecule has 0 atom stereocenters. The normalized spacial score (nSPS) is 19.7. The van der Waals surface area contributed by atoms with E-state index in [4.69, 9.17) is 9.97 Å². The van der Waals surface area contributed by atoms with E-state index in [2.05, 4.69) is 40.7 Å². The summed E-state index contributed by atoms with van der Waals surface area (Å²) in [4.78, 5) is 16.3. The van der Waals surface area contributed by atoms with E-state index in [1.165, 1.54) is 36.2 Å². The van der Waals surface area contributed by atoms with Gasteiger partial charge in [-0.3, -0.25) is 4.98 Å². The molecule has 2 N–H and O–H groups in total. The molecular formula is C28H35FN6. The molecule has 0 bridgehead atoms. The van der Waals surface area contributed by atoms with E-state index in [1.807, 2.05) is 12.4 Å². The second-order valence-corrected chi connectivity index (χ2v) is 10.1. The lowest BCUT2D eigenvalue weighted by atomic mass is 9.91. The quantitative estimate of drug-likeness (QED) is 0.495. The molecule has 0 saturated heterocycles. The first-order chi connectivity index (χ1) is 17.0. The molecule has 184 valence electrons. The van der Waals surface area contributed by atoms with Crippen LogP contribution in [0.4, 0.5) is 16.2 Å². The molecule has 5 rings (SSSR count). The molecule has 0 aliphatic heterocycles. The number of halogens is 1. The summed E-state index contributed by atoms with van der Waals surface area (Å²) < 4.78 is 13.2. The van der Waals surface area contributed by atoms with E-state index < -0.39 is 0 Å². The maximum Gasteiger partial charge on any atom is 0.225 e. The number of hydrogen-bond acceptors (Lipinski definition) is 6. The zero-order chi connectivity index (χ0) is 24.2. The summed E-state index contributed by atoms with van der Waals surface area (Å²) in [7, 11) is 4.14. The topological polar surface area (TPSA) is 66.0 Å². The lowest BCUT2D eigenvalue weighted by Crippen LogP contribution is -2.37. The van der Waals surface area contributed by atoms with E-state index in [9.17, 15) is 4.39 Å². The fourth-order valence-corrected chi connectivity index (χ4v) is 5.28. The van der Waals surface area contributed by atoms with Crippen LogP contribution >= 0.6 is 0 Å². The number of anilines is 2. The van der Waals surface area contributed by atoms with Gasteiger partial charge in [-0.25, -0.2) is 9.37 Å². The van der Waals surface area contributed by atoms with Crippen LogP contribution in [-0.2, 0) is 19.4 Å². The summed E-state index contributed by atoms with van der Waals surface area (Å²) in [5.41, 5.74) is 5.70. The first-order valence-corrected chi connectivity index (χ1v) is 12.8. The Morgan fingerprint density at radius 3 is 2.43 bits per heavy atom. The van der Waals surface area contributed by atoms with Gasteiger partial charge in [0.25, 0.3) is 0 Å². The number of aryl methyl sites for hydroxylation is 1. The molecule has 2 aromatic heterocycles. The fraction of sp³-hybridized carbons (Fsp3) is 0.464. The number of rotatable bonds is 7. The Morgan fingerprint density at radius 1 is 0.914 bits per heavy atom. The standard InChI is InChI=1S/C28H35FN6/c1-35(2)27-25-5-3-4-6-26(25)33-28(34-27)32-24-13-11-23(12-14-24)31-17-19-15-21(18-30-16-19)20-7-9-22(29)10-8-20/h7-10,15-16,18,23-24,31H,3-6,11-14,17H2,1-2H3,(H,32,33,34). The van der Waals surface area contributed by atoms with Crippen molar-refractivity contribution in [1.82, 2.24) is 20.3 Å². The molecule has 1 aromatic carbocycles. The zero-order valence-corrected chi connectivity index (χ0v) is 20.7. The second kappa shape index (κ2) is 10.7. The third kappa shape index (κ3) is 5.78. The number of nitrogens with zero attached hydrogens (tertiary/aromatic N) is 4. The van der Waals surface area contributed by atoms with E-state index in [1.54, 1.807) is 12.1 Å². The van der Waals surface area contributed by atoms with Crippen LogP contribution in [0.15, 0.2) is 42.7 Å². The van der Waals surface area contributed by atoms with Gasteiger partial charge in [-0.1, -0.05) is 12.1 Å². The van der Waals surface area contributed by atoms with Crippen LogP contribution in [0.5, 0.6) is 0 Å². The minimum Gasteiger partial charge on any atom is -0.362 e. The average Bonchev–Trinajstić information content (AvgIpc) is 2.88. The van der Waals surface area contributed by atoms with Crippen LogP contribution < -0.4 is 15.5 Å². The van der Waals surface area contributed by atoms with Crippen molar-refractivity contribution < 1.29 is 4.39 Å². The summed E-state index contributed by atoms with van der Waals surface area (Å²) in [6.45, 7) is 0.783. The van der Waals surface area contributed by atoms with Crippen molar-refractivity contribution in [1.29, 1.82) is 0 Å². The van der Waals surface area contributed by atoms with Crippen molar-refractivity contribution >= 4 is 11.8 Å². The minimum absolute atomic E-state index is 0.221. The van der Waals surface area contributed by atoms with Gasteiger partial charge in [0, 0.05) is 56.2 Å². The van der Waals surface area contributed by atoms with Gasteiger partial charge in [0.2, 0.25) is 5.95 Å². The van der Waals surface area contributed by atoms with Crippen LogP contribution in [0.3, 0.4) is 0 Å². The van der Waals surface area contributed by atoms with Gasteiger partial charge in [0.1, 0.15) is 11.6 Å². The Hall–Kier alpha value is -3.06. The van der Waals surface area contributed by atoms with E-state index in [0.29, 0.717) is 12.1 Å². The molecule has 35 heavy (non-hydrogen) atoms. The molecule has 0 radical (unpaired) electrons. The van der Waals surface area contributed by atoms with E-state index in [-0.39, 0.29) is 5.82 Å². The molecule has 2 aliphatic rings. The third-order valence-corrected chi connectivity index (χ3v) is 7.21. The van der Waals surface area contributed by atoms with Crippen molar-refractivity contribution in [2.45, 2.75) is 70.0 Å². The van der Waals surface area contributed by atoms with Gasteiger partial charge in [-0.05, 0) is 80.7 Å². The highest BCUT2D eigenvalue weighted by atomic mass is 19.1. The monoisotopic (exact) mass is 474 g/mol. The molecule has 7 heteroatoms. The molecule has 2 heterocycles. The van der Waals surface area contributed by atoms with Crippen LogP contribution in [0.1, 0.15) is 55.3 Å². The lowest BCUT2D eigenvalue weighted by Gasteiger charge is -2.30. The van der Waals surface area contributed by atoms with Crippen molar-refractivity contribution in [2.75, 3.05) is 24.3 Å². The number of hydrogen-bond donors (Lipinski definition) is 2. The fourth-order valence-electron chi connectivity index (χ4n) is 5.28. The highest BCUT2D eigenvalue weighted by Gasteiger charge is 2.24. The maximum absolute atomic E-state index is 13.2. The zero-order valence-electron chi connectivity index (χ0n) is 20.7. The van der Waals surface area contributed by atoms with Gasteiger partial charge in [0.15, 0.2) is 0 Å². The van der Waals surface area contributed by atoms with E-state index in [0.717, 1.165) is 73.5 Å². The van der Waals surface area contributed by atoms with Gasteiger partial charge < -0.3 is 15.5 Å². The Balaban J connectivity index is 1.14. The molecule has 6 nitrogen and oxygen atoms in total. The van der Waals surface area contributed by atoms with Crippen molar-refractivity contribution in [2.24, 2.45) is 0 Å². The first-order valence-electron chi connectivity index (χ1n) is 12.8. The predicted octanol–water partition coefficient (Wildman–Crippen LogP) is 5.14. The Labute approximate surface area is 207 Å². The van der Waals surface area contributed by atoms with Crippen molar-refractivity contribution in [3.05, 3.63) is 65.4 Å². The molecule has 3 aromatic rings. The molecule has 0 unspecified atom stereocenters. The van der Waals surface area contributed by atoms with E-state index >= 15 is 0 Å². The van der Waals surface area contributed by atoms with Gasteiger partial charge >= 0.3 is 0 Å².